The molecule has 0 spiro atoms. The molecule has 1 aliphatic carbocycles. The summed E-state index contributed by atoms with van der Waals surface area (Å²) in [5.74, 6) is 1.82. The zero-order chi connectivity index (χ0) is 15.2. The van der Waals surface area contributed by atoms with E-state index in [1.165, 1.54) is 12.5 Å². The molecule has 114 valence electrons. The first-order valence-corrected chi connectivity index (χ1v) is 7.27. The molecule has 2 aliphatic rings. The Kier molecular flexibility index (Phi) is 4.61. The van der Waals surface area contributed by atoms with E-state index in [1.54, 1.807) is 0 Å². The summed E-state index contributed by atoms with van der Waals surface area (Å²) in [4.78, 5) is 0. The van der Waals surface area contributed by atoms with Crippen LogP contribution in [0.25, 0.3) is 0 Å². The molecule has 4 nitrogen and oxygen atoms in total. The van der Waals surface area contributed by atoms with Crippen LogP contribution in [0.3, 0.4) is 0 Å². The van der Waals surface area contributed by atoms with Crippen LogP contribution in [-0.4, -0.2) is 11.7 Å². The van der Waals surface area contributed by atoms with E-state index in [1.807, 2.05) is 36.4 Å². The first-order valence-electron chi connectivity index (χ1n) is 7.27. The number of aliphatic hydroxyl groups excluding tert-OH is 1. The quantitative estimate of drug-likeness (QED) is 0.903. The smallest absolute Gasteiger partial charge is 0.168 e. The minimum atomic E-state index is -0.180. The van der Waals surface area contributed by atoms with Crippen molar-refractivity contribution in [1.82, 2.24) is 0 Å². The molecule has 1 heterocycles. The van der Waals surface area contributed by atoms with Crippen LogP contribution < -0.4 is 0 Å². The third kappa shape index (κ3) is 3.40. The molecule has 0 atom stereocenters. The summed E-state index contributed by atoms with van der Waals surface area (Å²) >= 11 is 0. The Morgan fingerprint density at radius 3 is 2.68 bits per heavy atom. The SMILES string of the molecule is OCC1=COC(C2=C(OCc3ccccc3)C=CCC2)=CO1. The highest BCUT2D eigenvalue weighted by atomic mass is 16.5. The Morgan fingerprint density at radius 1 is 1.09 bits per heavy atom. The maximum absolute atomic E-state index is 9.00. The number of allylic oxidation sites excluding steroid dienone is 3. The highest BCUT2D eigenvalue weighted by Gasteiger charge is 2.19. The van der Waals surface area contributed by atoms with Crippen LogP contribution in [-0.2, 0) is 20.8 Å². The van der Waals surface area contributed by atoms with Crippen LogP contribution >= 0.6 is 0 Å². The average Bonchev–Trinajstić information content (AvgIpc) is 2.61. The van der Waals surface area contributed by atoms with E-state index in [9.17, 15) is 0 Å². The van der Waals surface area contributed by atoms with E-state index < -0.39 is 0 Å². The molecular weight excluding hydrogens is 280 g/mol. The van der Waals surface area contributed by atoms with Crippen molar-refractivity contribution in [3.8, 4) is 0 Å². The standard InChI is InChI=1S/C18H18O4/c19-10-15-12-22-18(13-20-15)16-8-4-5-9-17(16)21-11-14-6-2-1-3-7-14/h1-3,5-7,9,12-13,19H,4,8,10-11H2. The van der Waals surface area contributed by atoms with E-state index in [2.05, 4.69) is 6.08 Å². The number of rotatable bonds is 5. The lowest BCUT2D eigenvalue weighted by Gasteiger charge is -2.21. The van der Waals surface area contributed by atoms with Crippen molar-refractivity contribution >= 4 is 0 Å². The van der Waals surface area contributed by atoms with Gasteiger partial charge in [-0.2, -0.15) is 0 Å². The Hall–Kier alpha value is -2.46. The lowest BCUT2D eigenvalue weighted by Crippen LogP contribution is -2.08. The van der Waals surface area contributed by atoms with Crippen LogP contribution in [0.2, 0.25) is 0 Å². The molecule has 1 aliphatic heterocycles. The van der Waals surface area contributed by atoms with Gasteiger partial charge in [0.2, 0.25) is 0 Å². The minimum Gasteiger partial charge on any atom is -0.488 e. The fourth-order valence-electron chi connectivity index (χ4n) is 2.29. The fraction of sp³-hybridized carbons (Fsp3) is 0.222. The van der Waals surface area contributed by atoms with Gasteiger partial charge in [-0.05, 0) is 24.5 Å². The van der Waals surface area contributed by atoms with Crippen LogP contribution in [0.15, 0.2) is 77.9 Å². The number of aliphatic hydroxyl groups is 1. The van der Waals surface area contributed by atoms with Crippen LogP contribution in [0.1, 0.15) is 18.4 Å². The average molecular weight is 298 g/mol. The van der Waals surface area contributed by atoms with Crippen molar-refractivity contribution in [2.24, 2.45) is 0 Å². The van der Waals surface area contributed by atoms with Crippen LogP contribution in [0.5, 0.6) is 0 Å². The lowest BCUT2D eigenvalue weighted by molar-refractivity contribution is 0.175. The third-order valence-electron chi connectivity index (χ3n) is 3.45. The largest absolute Gasteiger partial charge is 0.488 e. The number of benzene rings is 1. The number of hydrogen-bond donors (Lipinski definition) is 1. The molecule has 1 aromatic rings. The summed E-state index contributed by atoms with van der Waals surface area (Å²) in [6.07, 6.45) is 8.77. The Labute approximate surface area is 129 Å². The van der Waals surface area contributed by atoms with Crippen molar-refractivity contribution in [2.75, 3.05) is 6.61 Å². The van der Waals surface area contributed by atoms with Gasteiger partial charge in [0, 0.05) is 5.57 Å². The van der Waals surface area contributed by atoms with Gasteiger partial charge >= 0.3 is 0 Å². The van der Waals surface area contributed by atoms with Crippen molar-refractivity contribution in [3.63, 3.8) is 0 Å². The van der Waals surface area contributed by atoms with E-state index in [4.69, 9.17) is 19.3 Å². The highest BCUT2D eigenvalue weighted by molar-refractivity contribution is 5.37. The van der Waals surface area contributed by atoms with E-state index >= 15 is 0 Å². The topological polar surface area (TPSA) is 47.9 Å². The fourth-order valence-corrected chi connectivity index (χ4v) is 2.29. The van der Waals surface area contributed by atoms with Gasteiger partial charge in [-0.25, -0.2) is 0 Å². The molecule has 0 amide bonds. The maximum Gasteiger partial charge on any atom is 0.168 e. The van der Waals surface area contributed by atoms with Crippen molar-refractivity contribution < 1.29 is 19.3 Å². The molecule has 3 rings (SSSR count). The summed E-state index contributed by atoms with van der Waals surface area (Å²) in [7, 11) is 0. The first kappa shape index (κ1) is 14.5. The van der Waals surface area contributed by atoms with Gasteiger partial charge in [-0.3, -0.25) is 0 Å². The molecule has 0 bridgehead atoms. The van der Waals surface area contributed by atoms with Crippen molar-refractivity contribution in [1.29, 1.82) is 0 Å². The summed E-state index contributed by atoms with van der Waals surface area (Å²) in [5, 5.41) is 9.00. The molecule has 0 aromatic heterocycles. The molecule has 0 radical (unpaired) electrons. The number of hydrogen-bond acceptors (Lipinski definition) is 4. The van der Waals surface area contributed by atoms with Crippen molar-refractivity contribution in [2.45, 2.75) is 19.4 Å². The molecule has 0 saturated heterocycles. The summed E-state index contributed by atoms with van der Waals surface area (Å²) in [6, 6.07) is 10.0. The lowest BCUT2D eigenvalue weighted by atomic mass is 10.0. The monoisotopic (exact) mass is 298 g/mol. The van der Waals surface area contributed by atoms with Crippen molar-refractivity contribution in [3.05, 3.63) is 83.4 Å². The Morgan fingerprint density at radius 2 is 1.95 bits per heavy atom. The highest BCUT2D eigenvalue weighted by Crippen LogP contribution is 2.30. The molecule has 0 unspecified atom stereocenters. The second kappa shape index (κ2) is 7.00. The molecule has 22 heavy (non-hydrogen) atoms. The number of ether oxygens (including phenoxy) is 3. The van der Waals surface area contributed by atoms with E-state index in [0.717, 1.165) is 29.7 Å². The molecular formula is C18H18O4. The van der Waals surface area contributed by atoms with Crippen LogP contribution in [0.4, 0.5) is 0 Å². The molecule has 1 aromatic carbocycles. The Bertz CT molecular complexity index is 638. The zero-order valence-electron chi connectivity index (χ0n) is 12.2. The van der Waals surface area contributed by atoms with Gasteiger partial charge in [-0.15, -0.1) is 0 Å². The minimum absolute atomic E-state index is 0.180. The van der Waals surface area contributed by atoms with Gasteiger partial charge in [0.15, 0.2) is 11.5 Å². The van der Waals surface area contributed by atoms with E-state index in [-0.39, 0.29) is 6.61 Å². The summed E-state index contributed by atoms with van der Waals surface area (Å²) < 4.78 is 16.8. The molecule has 1 N–H and O–H groups in total. The van der Waals surface area contributed by atoms with Gasteiger partial charge in [0.25, 0.3) is 0 Å². The normalized spacial score (nSPS) is 17.3. The maximum atomic E-state index is 9.00. The molecule has 0 fully saturated rings. The van der Waals surface area contributed by atoms with Gasteiger partial charge in [0.1, 0.15) is 31.5 Å². The zero-order valence-corrected chi connectivity index (χ0v) is 12.2. The van der Waals surface area contributed by atoms with Gasteiger partial charge in [0.05, 0.1) is 0 Å². The summed E-state index contributed by atoms with van der Waals surface area (Å²) in [6.45, 7) is 0.329. The Balaban J connectivity index is 1.73. The first-order chi connectivity index (χ1) is 10.9. The third-order valence-corrected chi connectivity index (χ3v) is 3.45. The second-order valence-corrected chi connectivity index (χ2v) is 5.02. The predicted octanol–water partition coefficient (Wildman–Crippen LogP) is 3.53. The molecule has 4 heteroatoms. The summed E-state index contributed by atoms with van der Waals surface area (Å²) in [5.41, 5.74) is 2.09. The van der Waals surface area contributed by atoms with Gasteiger partial charge in [-0.1, -0.05) is 36.4 Å². The molecule has 0 saturated carbocycles. The van der Waals surface area contributed by atoms with Crippen LogP contribution in [0, 0.1) is 0 Å². The van der Waals surface area contributed by atoms with E-state index in [0.29, 0.717) is 18.1 Å². The van der Waals surface area contributed by atoms with Gasteiger partial charge < -0.3 is 19.3 Å². The predicted molar refractivity (Wildman–Crippen MR) is 82.1 cm³/mol. The second-order valence-electron chi connectivity index (χ2n) is 5.02.